The number of ether oxygens (including phenoxy) is 1. The summed E-state index contributed by atoms with van der Waals surface area (Å²) >= 11 is 1.23. The van der Waals surface area contributed by atoms with Crippen molar-refractivity contribution in [2.45, 2.75) is 20.3 Å². The van der Waals surface area contributed by atoms with Crippen LogP contribution in [0.15, 0.2) is 18.2 Å². The van der Waals surface area contributed by atoms with Gasteiger partial charge in [-0.15, -0.1) is 22.6 Å². The highest BCUT2D eigenvalue weighted by atomic mass is 35.5. The molecule has 0 bridgehead atoms. The molecule has 0 aliphatic carbocycles. The smallest absolute Gasteiger partial charge is 0.338 e. The molecule has 0 unspecified atom stereocenters. The van der Waals surface area contributed by atoms with E-state index in [2.05, 4.69) is 20.3 Å². The van der Waals surface area contributed by atoms with Crippen molar-refractivity contribution in [3.8, 4) is 0 Å². The molecule has 0 aliphatic rings. The second-order valence-corrected chi connectivity index (χ2v) is 6.63. The van der Waals surface area contributed by atoms with Gasteiger partial charge in [0, 0.05) is 24.1 Å². The van der Waals surface area contributed by atoms with E-state index in [1.54, 1.807) is 0 Å². The van der Waals surface area contributed by atoms with Crippen molar-refractivity contribution in [3.63, 3.8) is 0 Å². The zero-order valence-electron chi connectivity index (χ0n) is 14.2. The number of hydrogen-bond acceptors (Lipinski definition) is 8. The van der Waals surface area contributed by atoms with Gasteiger partial charge in [-0.2, -0.15) is 0 Å². The van der Waals surface area contributed by atoms with Crippen LogP contribution >= 0.6 is 23.7 Å². The summed E-state index contributed by atoms with van der Waals surface area (Å²) in [5.41, 5.74) is -0.513. The maximum absolute atomic E-state index is 12.3. The Morgan fingerprint density at radius 2 is 1.92 bits per heavy atom. The van der Waals surface area contributed by atoms with E-state index < -0.39 is 16.8 Å². The number of hydrogen-bond donors (Lipinski definition) is 1. The summed E-state index contributed by atoms with van der Waals surface area (Å²) in [7, 11) is 1.15. The Labute approximate surface area is 159 Å². The number of esters is 1. The molecule has 26 heavy (non-hydrogen) atoms. The first kappa shape index (κ1) is 21.5. The molecule has 1 amide bonds. The molecule has 0 saturated carbocycles. The molecule has 0 aliphatic heterocycles. The first-order valence-corrected chi connectivity index (χ1v) is 8.13. The van der Waals surface area contributed by atoms with E-state index in [-0.39, 0.29) is 34.4 Å². The molecule has 1 heterocycles. The van der Waals surface area contributed by atoms with E-state index in [9.17, 15) is 19.7 Å². The standard InChI is InChI=1S/C15H16N4O5S.ClH/c1-8(2)4-12-17-18-15(25-12)16-13(20)9-5-10(14(21)24-3)7-11(6-9)19(22)23;/h5-8H,4H2,1-3H3,(H,16,18,20);1H. The highest BCUT2D eigenvalue weighted by molar-refractivity contribution is 7.15. The molecule has 0 fully saturated rings. The summed E-state index contributed by atoms with van der Waals surface area (Å²) in [6, 6.07) is 3.36. The molecule has 0 spiro atoms. The van der Waals surface area contributed by atoms with Gasteiger partial charge in [-0.05, 0) is 12.0 Å². The molecule has 11 heteroatoms. The molecule has 2 rings (SSSR count). The summed E-state index contributed by atoms with van der Waals surface area (Å²) in [6.45, 7) is 4.08. The fourth-order valence-electron chi connectivity index (χ4n) is 1.99. The van der Waals surface area contributed by atoms with Crippen LogP contribution in [-0.4, -0.2) is 34.1 Å². The topological polar surface area (TPSA) is 124 Å². The highest BCUT2D eigenvalue weighted by Crippen LogP contribution is 2.22. The van der Waals surface area contributed by atoms with Gasteiger partial charge >= 0.3 is 5.97 Å². The van der Waals surface area contributed by atoms with Crippen LogP contribution in [0.3, 0.4) is 0 Å². The third kappa shape index (κ3) is 5.46. The second-order valence-electron chi connectivity index (χ2n) is 5.57. The molecule has 1 N–H and O–H groups in total. The molecule has 1 aromatic carbocycles. The Bertz CT molecular complexity index is 824. The highest BCUT2D eigenvalue weighted by Gasteiger charge is 2.19. The maximum atomic E-state index is 12.3. The van der Waals surface area contributed by atoms with Crippen molar-refractivity contribution in [3.05, 3.63) is 44.4 Å². The van der Waals surface area contributed by atoms with Crippen LogP contribution in [0.5, 0.6) is 0 Å². The normalized spacial score (nSPS) is 10.2. The van der Waals surface area contributed by atoms with Crippen molar-refractivity contribution >= 4 is 46.4 Å². The minimum absolute atomic E-state index is 0. The largest absolute Gasteiger partial charge is 0.465 e. The van der Waals surface area contributed by atoms with Gasteiger partial charge in [-0.1, -0.05) is 25.2 Å². The number of halogens is 1. The van der Waals surface area contributed by atoms with Crippen LogP contribution in [0.4, 0.5) is 10.8 Å². The molecular formula is C15H17ClN4O5S. The quantitative estimate of drug-likeness (QED) is 0.448. The van der Waals surface area contributed by atoms with Gasteiger partial charge in [0.25, 0.3) is 11.6 Å². The van der Waals surface area contributed by atoms with Crippen molar-refractivity contribution in [1.29, 1.82) is 0 Å². The number of carbonyl (C=O) groups excluding carboxylic acids is 2. The number of aromatic nitrogens is 2. The second kappa shape index (κ2) is 9.20. The van der Waals surface area contributed by atoms with Gasteiger partial charge < -0.3 is 4.74 Å². The van der Waals surface area contributed by atoms with E-state index in [1.807, 2.05) is 13.8 Å². The third-order valence-corrected chi connectivity index (χ3v) is 3.94. The van der Waals surface area contributed by atoms with Gasteiger partial charge in [0.15, 0.2) is 0 Å². The maximum Gasteiger partial charge on any atom is 0.338 e. The number of non-ortho nitro benzene ring substituents is 1. The number of anilines is 1. The van der Waals surface area contributed by atoms with E-state index >= 15 is 0 Å². The van der Waals surface area contributed by atoms with E-state index in [0.29, 0.717) is 5.92 Å². The number of methoxy groups -OCH3 is 1. The SMILES string of the molecule is COC(=O)c1cc(C(=O)Nc2nnc(CC(C)C)s2)cc([N+](=O)[O-])c1.Cl. The molecule has 0 saturated heterocycles. The number of benzene rings is 1. The van der Waals surface area contributed by atoms with Crippen LogP contribution in [0.1, 0.15) is 39.6 Å². The lowest BCUT2D eigenvalue weighted by atomic mass is 10.1. The van der Waals surface area contributed by atoms with Gasteiger partial charge in [0.2, 0.25) is 5.13 Å². The minimum atomic E-state index is -0.770. The van der Waals surface area contributed by atoms with Gasteiger partial charge in [-0.3, -0.25) is 20.2 Å². The Balaban J connectivity index is 0.00000338. The van der Waals surface area contributed by atoms with Crippen LogP contribution in [0.25, 0.3) is 0 Å². The molecular weight excluding hydrogens is 384 g/mol. The first-order chi connectivity index (χ1) is 11.8. The Morgan fingerprint density at radius 3 is 2.50 bits per heavy atom. The number of nitro groups is 1. The zero-order chi connectivity index (χ0) is 18.6. The van der Waals surface area contributed by atoms with Crippen LogP contribution < -0.4 is 5.32 Å². The van der Waals surface area contributed by atoms with E-state index in [4.69, 9.17) is 0 Å². The zero-order valence-corrected chi connectivity index (χ0v) is 15.8. The lowest BCUT2D eigenvalue weighted by molar-refractivity contribution is -0.384. The molecule has 9 nitrogen and oxygen atoms in total. The van der Waals surface area contributed by atoms with Crippen molar-refractivity contribution < 1.29 is 19.2 Å². The van der Waals surface area contributed by atoms with Gasteiger partial charge in [0.1, 0.15) is 5.01 Å². The molecule has 140 valence electrons. The Morgan fingerprint density at radius 1 is 1.27 bits per heavy atom. The van der Waals surface area contributed by atoms with Gasteiger partial charge in [-0.25, -0.2) is 4.79 Å². The molecule has 0 atom stereocenters. The predicted octanol–water partition coefficient (Wildman–Crippen LogP) is 3.11. The fraction of sp³-hybridized carbons (Fsp3) is 0.333. The monoisotopic (exact) mass is 400 g/mol. The number of rotatable bonds is 6. The number of nitrogens with one attached hydrogen (secondary N) is 1. The summed E-state index contributed by atoms with van der Waals surface area (Å²) < 4.78 is 4.55. The first-order valence-electron chi connectivity index (χ1n) is 7.31. The number of nitrogens with zero attached hydrogens (tertiary/aromatic N) is 3. The van der Waals surface area contributed by atoms with Gasteiger partial charge in [0.05, 0.1) is 17.6 Å². The van der Waals surface area contributed by atoms with Crippen molar-refractivity contribution in [1.82, 2.24) is 10.2 Å². The van der Waals surface area contributed by atoms with E-state index in [1.165, 1.54) is 17.4 Å². The number of nitro benzene ring substituents is 1. The average molecular weight is 401 g/mol. The molecule has 1 aromatic heterocycles. The third-order valence-electron chi connectivity index (χ3n) is 3.08. The average Bonchev–Trinajstić information content (AvgIpc) is 2.99. The lowest BCUT2D eigenvalue weighted by Crippen LogP contribution is -2.14. The van der Waals surface area contributed by atoms with Crippen LogP contribution in [0, 0.1) is 16.0 Å². The van der Waals surface area contributed by atoms with Crippen molar-refractivity contribution in [2.24, 2.45) is 5.92 Å². The fourth-order valence-corrected chi connectivity index (χ4v) is 2.94. The summed E-state index contributed by atoms with van der Waals surface area (Å²) in [5, 5.41) is 22.5. The van der Waals surface area contributed by atoms with Crippen LogP contribution in [-0.2, 0) is 11.2 Å². The molecule has 0 radical (unpaired) electrons. The summed E-state index contributed by atoms with van der Waals surface area (Å²) in [4.78, 5) is 34.3. The van der Waals surface area contributed by atoms with E-state index in [0.717, 1.165) is 30.7 Å². The lowest BCUT2D eigenvalue weighted by Gasteiger charge is -2.04. The Kier molecular flexibility index (Phi) is 7.59. The van der Waals surface area contributed by atoms with Crippen LogP contribution in [0.2, 0.25) is 0 Å². The Hall–Kier alpha value is -2.59. The minimum Gasteiger partial charge on any atom is -0.465 e. The summed E-state index contributed by atoms with van der Waals surface area (Å²) in [5.74, 6) is -0.995. The van der Waals surface area contributed by atoms with Crippen molar-refractivity contribution in [2.75, 3.05) is 12.4 Å². The number of carbonyl (C=O) groups is 2. The molecule has 2 aromatic rings. The predicted molar refractivity (Wildman–Crippen MR) is 98.1 cm³/mol. The number of amides is 1. The summed E-state index contributed by atoms with van der Waals surface area (Å²) in [6.07, 6.45) is 0.733.